The summed E-state index contributed by atoms with van der Waals surface area (Å²) in [5.41, 5.74) is 1.65. The first-order chi connectivity index (χ1) is 13.5. The van der Waals surface area contributed by atoms with Crippen molar-refractivity contribution in [3.05, 3.63) is 75.4 Å². The van der Waals surface area contributed by atoms with Crippen molar-refractivity contribution >= 4 is 23.2 Å². The fourth-order valence-corrected chi connectivity index (χ4v) is 2.87. The molecule has 0 radical (unpaired) electrons. The summed E-state index contributed by atoms with van der Waals surface area (Å²) in [4.78, 5) is 23.3. The van der Waals surface area contributed by atoms with E-state index in [4.69, 9.17) is 16.3 Å². The van der Waals surface area contributed by atoms with E-state index in [0.29, 0.717) is 35.1 Å². The number of nitro groups is 1. The minimum atomic E-state index is -0.500. The molecular weight excluding hydrogens is 384 g/mol. The van der Waals surface area contributed by atoms with Crippen molar-refractivity contribution in [3.8, 4) is 16.9 Å². The van der Waals surface area contributed by atoms with Gasteiger partial charge in [-0.15, -0.1) is 0 Å². The van der Waals surface area contributed by atoms with Crippen LogP contribution in [0.25, 0.3) is 16.9 Å². The van der Waals surface area contributed by atoms with E-state index in [0.717, 1.165) is 0 Å². The Morgan fingerprint density at radius 2 is 2.04 bits per heavy atom. The summed E-state index contributed by atoms with van der Waals surface area (Å²) in [5.74, 6) is -0.380. The lowest BCUT2D eigenvalue weighted by atomic mass is 10.1. The van der Waals surface area contributed by atoms with Crippen LogP contribution in [0.2, 0.25) is 5.02 Å². The number of aromatic nitrogens is 2. The Balaban J connectivity index is 2.09. The minimum absolute atomic E-state index is 0.0990. The number of ether oxygens (including phenoxy) is 1. The molecule has 8 nitrogen and oxygen atoms in total. The summed E-state index contributed by atoms with van der Waals surface area (Å²) in [7, 11) is 1.54. The first-order valence-electron chi connectivity index (χ1n) is 8.38. The molecule has 0 atom stereocenters. The van der Waals surface area contributed by atoms with Gasteiger partial charge in [0.15, 0.2) is 0 Å². The molecule has 144 valence electrons. The largest absolute Gasteiger partial charge is 0.383 e. The van der Waals surface area contributed by atoms with E-state index >= 15 is 0 Å². The van der Waals surface area contributed by atoms with Gasteiger partial charge in [0, 0.05) is 31.4 Å². The van der Waals surface area contributed by atoms with Gasteiger partial charge in [-0.25, -0.2) is 4.68 Å². The molecule has 0 bridgehead atoms. The molecule has 0 spiro atoms. The topological polar surface area (TPSA) is 99.3 Å². The highest BCUT2D eigenvalue weighted by Crippen LogP contribution is 2.28. The molecule has 0 saturated carbocycles. The predicted molar refractivity (Wildman–Crippen MR) is 105 cm³/mol. The first kappa shape index (κ1) is 19.5. The van der Waals surface area contributed by atoms with Crippen LogP contribution in [0.4, 0.5) is 5.69 Å². The zero-order valence-electron chi connectivity index (χ0n) is 15.0. The molecule has 1 aromatic heterocycles. The van der Waals surface area contributed by atoms with Gasteiger partial charge in [0.05, 0.1) is 27.9 Å². The van der Waals surface area contributed by atoms with Gasteiger partial charge < -0.3 is 10.1 Å². The second-order valence-corrected chi connectivity index (χ2v) is 6.24. The van der Waals surface area contributed by atoms with Crippen molar-refractivity contribution in [1.29, 1.82) is 0 Å². The Bertz CT molecular complexity index is 1020. The first-order valence-corrected chi connectivity index (χ1v) is 8.76. The number of methoxy groups -OCH3 is 1. The SMILES string of the molecule is COCCNC(=O)c1cc(-c2ccccc2Cl)nn1-c1cccc([N+](=O)[O-])c1. The molecule has 3 aromatic rings. The number of benzene rings is 2. The van der Waals surface area contributed by atoms with Crippen LogP contribution in [0.3, 0.4) is 0 Å². The number of nitrogens with one attached hydrogen (secondary N) is 1. The van der Waals surface area contributed by atoms with Crippen LogP contribution in [0.15, 0.2) is 54.6 Å². The number of halogens is 1. The third-order valence-corrected chi connectivity index (χ3v) is 4.30. The molecule has 1 amide bonds. The van der Waals surface area contributed by atoms with Crippen LogP contribution in [-0.2, 0) is 4.74 Å². The maximum atomic E-state index is 12.7. The van der Waals surface area contributed by atoms with Crippen molar-refractivity contribution < 1.29 is 14.5 Å². The summed E-state index contributed by atoms with van der Waals surface area (Å²) in [6.45, 7) is 0.672. The van der Waals surface area contributed by atoms with E-state index in [-0.39, 0.29) is 17.3 Å². The van der Waals surface area contributed by atoms with Crippen molar-refractivity contribution in [1.82, 2.24) is 15.1 Å². The average molecular weight is 401 g/mol. The zero-order chi connectivity index (χ0) is 20.1. The van der Waals surface area contributed by atoms with Gasteiger partial charge in [-0.05, 0) is 18.2 Å². The van der Waals surface area contributed by atoms with Gasteiger partial charge in [0.2, 0.25) is 0 Å². The number of non-ortho nitro benzene ring substituents is 1. The van der Waals surface area contributed by atoms with Gasteiger partial charge in [0.1, 0.15) is 5.69 Å². The molecule has 2 aromatic carbocycles. The molecule has 0 aliphatic heterocycles. The minimum Gasteiger partial charge on any atom is -0.383 e. The number of hydrogen-bond acceptors (Lipinski definition) is 5. The summed E-state index contributed by atoms with van der Waals surface area (Å²) >= 11 is 6.26. The van der Waals surface area contributed by atoms with Crippen LogP contribution in [0.5, 0.6) is 0 Å². The van der Waals surface area contributed by atoms with Crippen molar-refractivity contribution in [2.45, 2.75) is 0 Å². The van der Waals surface area contributed by atoms with Gasteiger partial charge in [-0.3, -0.25) is 14.9 Å². The summed E-state index contributed by atoms with van der Waals surface area (Å²) < 4.78 is 6.31. The number of hydrogen-bond donors (Lipinski definition) is 1. The third kappa shape index (κ3) is 4.19. The molecule has 28 heavy (non-hydrogen) atoms. The van der Waals surface area contributed by atoms with Crippen LogP contribution in [-0.4, -0.2) is 40.9 Å². The molecular formula is C19H17ClN4O4. The molecule has 9 heteroatoms. The normalized spacial score (nSPS) is 10.6. The highest BCUT2D eigenvalue weighted by atomic mass is 35.5. The van der Waals surface area contributed by atoms with Crippen molar-refractivity contribution in [3.63, 3.8) is 0 Å². The maximum absolute atomic E-state index is 12.7. The molecule has 1 N–H and O–H groups in total. The Hall–Kier alpha value is -3.23. The molecule has 3 rings (SSSR count). The van der Waals surface area contributed by atoms with Crippen LogP contribution >= 0.6 is 11.6 Å². The molecule has 0 saturated heterocycles. The van der Waals surface area contributed by atoms with Crippen molar-refractivity contribution in [2.24, 2.45) is 0 Å². The molecule has 0 aliphatic carbocycles. The Labute approximate surface area is 165 Å². The maximum Gasteiger partial charge on any atom is 0.271 e. The standard InChI is InChI=1S/C19H17ClN4O4/c1-28-10-9-21-19(25)18-12-17(15-7-2-3-8-16(15)20)22-23(18)13-5-4-6-14(11-13)24(26)27/h2-8,11-12H,9-10H2,1H3,(H,21,25). The van der Waals surface area contributed by atoms with Crippen LogP contribution < -0.4 is 5.32 Å². The zero-order valence-corrected chi connectivity index (χ0v) is 15.7. The van der Waals surface area contributed by atoms with Gasteiger partial charge in [-0.2, -0.15) is 5.10 Å². The monoisotopic (exact) mass is 400 g/mol. The Morgan fingerprint density at radius 3 is 2.75 bits per heavy atom. The summed E-state index contributed by atoms with van der Waals surface area (Å²) in [6.07, 6.45) is 0. The van der Waals surface area contributed by atoms with Crippen LogP contribution in [0, 0.1) is 10.1 Å². The Kier molecular flexibility index (Phi) is 6.03. The Morgan fingerprint density at radius 1 is 1.25 bits per heavy atom. The second-order valence-electron chi connectivity index (χ2n) is 5.83. The lowest BCUT2D eigenvalue weighted by molar-refractivity contribution is -0.384. The van der Waals surface area contributed by atoms with E-state index in [1.165, 1.54) is 30.0 Å². The van der Waals surface area contributed by atoms with Crippen LogP contribution in [0.1, 0.15) is 10.5 Å². The highest BCUT2D eigenvalue weighted by Gasteiger charge is 2.19. The number of rotatable bonds is 7. The fourth-order valence-electron chi connectivity index (χ4n) is 2.64. The lowest BCUT2D eigenvalue weighted by Gasteiger charge is -2.08. The highest BCUT2D eigenvalue weighted by molar-refractivity contribution is 6.33. The smallest absolute Gasteiger partial charge is 0.271 e. The predicted octanol–water partition coefficient (Wildman–Crippen LogP) is 3.48. The number of carbonyl (C=O) groups excluding carboxylic acids is 1. The van der Waals surface area contributed by atoms with Gasteiger partial charge in [-0.1, -0.05) is 35.9 Å². The van der Waals surface area contributed by atoms with E-state index < -0.39 is 4.92 Å². The third-order valence-electron chi connectivity index (χ3n) is 3.97. The molecule has 0 aliphatic rings. The van der Waals surface area contributed by atoms with E-state index in [9.17, 15) is 14.9 Å². The van der Waals surface area contributed by atoms with Gasteiger partial charge in [0.25, 0.3) is 11.6 Å². The molecule has 1 heterocycles. The molecule has 0 fully saturated rings. The average Bonchev–Trinajstić information content (AvgIpc) is 3.14. The number of nitrogens with zero attached hydrogens (tertiary/aromatic N) is 3. The quantitative estimate of drug-likeness (QED) is 0.372. The summed E-state index contributed by atoms with van der Waals surface area (Å²) in [5, 5.41) is 18.8. The number of nitro benzene ring substituents is 1. The number of amides is 1. The fraction of sp³-hybridized carbons (Fsp3) is 0.158. The van der Waals surface area contributed by atoms with E-state index in [2.05, 4.69) is 10.4 Å². The van der Waals surface area contributed by atoms with E-state index in [1.54, 1.807) is 30.3 Å². The summed E-state index contributed by atoms with van der Waals surface area (Å²) in [6, 6.07) is 14.6. The lowest BCUT2D eigenvalue weighted by Crippen LogP contribution is -2.28. The van der Waals surface area contributed by atoms with Crippen molar-refractivity contribution in [2.75, 3.05) is 20.3 Å². The number of carbonyl (C=O) groups is 1. The molecule has 0 unspecified atom stereocenters. The van der Waals surface area contributed by atoms with E-state index in [1.807, 2.05) is 6.07 Å². The second kappa shape index (κ2) is 8.64. The van der Waals surface area contributed by atoms with Gasteiger partial charge >= 0.3 is 0 Å².